The fourth-order valence-electron chi connectivity index (χ4n) is 1.39. The van der Waals surface area contributed by atoms with E-state index >= 15 is 0 Å². The van der Waals surface area contributed by atoms with Crippen LogP contribution in [-0.2, 0) is 4.79 Å². The first-order valence-electron chi connectivity index (χ1n) is 5.39. The standard InChI is InChI=1S/C14H13NO2/c16-14(17-13-9-5-2-6-10-13)11-15-12-7-3-1-4-8-12/h1-10,15H,11H2. The second-order valence-electron chi connectivity index (χ2n) is 3.51. The lowest BCUT2D eigenvalue weighted by Crippen LogP contribution is -2.19. The summed E-state index contributed by atoms with van der Waals surface area (Å²) in [6.07, 6.45) is 0. The van der Waals surface area contributed by atoms with Crippen LogP contribution in [-0.4, -0.2) is 12.5 Å². The van der Waals surface area contributed by atoms with Crippen LogP contribution in [0.1, 0.15) is 0 Å². The molecule has 0 fully saturated rings. The van der Waals surface area contributed by atoms with Crippen LogP contribution in [0.5, 0.6) is 5.75 Å². The zero-order valence-electron chi connectivity index (χ0n) is 9.30. The number of carbonyl (C=O) groups is 1. The molecule has 2 aromatic carbocycles. The van der Waals surface area contributed by atoms with Crippen molar-refractivity contribution in [3.8, 4) is 5.75 Å². The number of carbonyl (C=O) groups excluding carboxylic acids is 1. The molecule has 0 amide bonds. The zero-order chi connectivity index (χ0) is 11.9. The van der Waals surface area contributed by atoms with E-state index in [9.17, 15) is 4.79 Å². The topological polar surface area (TPSA) is 38.3 Å². The summed E-state index contributed by atoms with van der Waals surface area (Å²) in [4.78, 5) is 11.5. The minimum absolute atomic E-state index is 0.152. The molecule has 0 atom stereocenters. The third-order valence-corrected chi connectivity index (χ3v) is 2.19. The molecule has 0 aliphatic rings. The molecule has 0 saturated carbocycles. The molecule has 17 heavy (non-hydrogen) atoms. The molecular formula is C14H13NO2. The number of hydrogen-bond acceptors (Lipinski definition) is 3. The number of ether oxygens (including phenoxy) is 1. The molecule has 86 valence electrons. The molecule has 0 aliphatic heterocycles. The van der Waals surface area contributed by atoms with Crippen LogP contribution in [0.3, 0.4) is 0 Å². The van der Waals surface area contributed by atoms with Crippen LogP contribution in [0.2, 0.25) is 0 Å². The lowest BCUT2D eigenvalue weighted by molar-refractivity contribution is -0.132. The molecule has 3 heteroatoms. The summed E-state index contributed by atoms with van der Waals surface area (Å²) in [6, 6.07) is 18.6. The molecule has 2 aromatic rings. The first kappa shape index (κ1) is 11.2. The molecule has 0 aliphatic carbocycles. The smallest absolute Gasteiger partial charge is 0.330 e. The van der Waals surface area contributed by atoms with Crippen molar-refractivity contribution in [2.24, 2.45) is 0 Å². The van der Waals surface area contributed by atoms with Crippen LogP contribution in [0.15, 0.2) is 60.7 Å². The maximum atomic E-state index is 11.5. The summed E-state index contributed by atoms with van der Waals surface area (Å²) in [6.45, 7) is 0.152. The lowest BCUT2D eigenvalue weighted by atomic mass is 10.3. The Morgan fingerprint density at radius 2 is 1.53 bits per heavy atom. The van der Waals surface area contributed by atoms with E-state index < -0.39 is 0 Å². The van der Waals surface area contributed by atoms with Crippen molar-refractivity contribution in [2.45, 2.75) is 0 Å². The highest BCUT2D eigenvalue weighted by Gasteiger charge is 2.03. The third kappa shape index (κ3) is 3.65. The van der Waals surface area contributed by atoms with E-state index in [2.05, 4.69) is 5.32 Å². The van der Waals surface area contributed by atoms with Crippen molar-refractivity contribution in [3.05, 3.63) is 60.7 Å². The van der Waals surface area contributed by atoms with Gasteiger partial charge in [-0.2, -0.15) is 0 Å². The first-order chi connectivity index (χ1) is 8.34. The average molecular weight is 227 g/mol. The number of esters is 1. The van der Waals surface area contributed by atoms with Crippen molar-refractivity contribution in [1.29, 1.82) is 0 Å². The summed E-state index contributed by atoms with van der Waals surface area (Å²) in [5.41, 5.74) is 0.900. The maximum absolute atomic E-state index is 11.5. The van der Waals surface area contributed by atoms with E-state index in [-0.39, 0.29) is 12.5 Å². The molecule has 0 bridgehead atoms. The largest absolute Gasteiger partial charge is 0.425 e. The Labute approximate surface area is 100 Å². The molecule has 2 rings (SSSR count). The maximum Gasteiger partial charge on any atom is 0.330 e. The van der Waals surface area contributed by atoms with E-state index in [4.69, 9.17) is 4.74 Å². The molecular weight excluding hydrogens is 214 g/mol. The quantitative estimate of drug-likeness (QED) is 0.644. The highest BCUT2D eigenvalue weighted by molar-refractivity contribution is 5.77. The Balaban J connectivity index is 1.83. The van der Waals surface area contributed by atoms with Crippen molar-refractivity contribution in [3.63, 3.8) is 0 Å². The normalized spacial score (nSPS) is 9.65. The van der Waals surface area contributed by atoms with Gasteiger partial charge in [-0.15, -0.1) is 0 Å². The summed E-state index contributed by atoms with van der Waals surface area (Å²) < 4.78 is 5.13. The molecule has 0 aromatic heterocycles. The minimum Gasteiger partial charge on any atom is -0.425 e. The van der Waals surface area contributed by atoms with Gasteiger partial charge < -0.3 is 10.1 Å². The molecule has 0 saturated heterocycles. The van der Waals surface area contributed by atoms with Gasteiger partial charge in [-0.05, 0) is 24.3 Å². The Kier molecular flexibility index (Phi) is 3.76. The summed E-state index contributed by atoms with van der Waals surface area (Å²) in [5.74, 6) is 0.257. The lowest BCUT2D eigenvalue weighted by Gasteiger charge is -2.06. The van der Waals surface area contributed by atoms with Gasteiger partial charge in [-0.1, -0.05) is 36.4 Å². The fraction of sp³-hybridized carbons (Fsp3) is 0.0714. The predicted octanol–water partition coefficient (Wildman–Crippen LogP) is 2.70. The minimum atomic E-state index is -0.306. The molecule has 0 unspecified atom stereocenters. The van der Waals surface area contributed by atoms with Gasteiger partial charge in [-0.25, -0.2) is 4.79 Å². The third-order valence-electron chi connectivity index (χ3n) is 2.19. The van der Waals surface area contributed by atoms with E-state index in [0.717, 1.165) is 5.69 Å². The second-order valence-corrected chi connectivity index (χ2v) is 3.51. The summed E-state index contributed by atoms with van der Waals surface area (Å²) in [5, 5.41) is 2.99. The molecule has 3 nitrogen and oxygen atoms in total. The fourth-order valence-corrected chi connectivity index (χ4v) is 1.39. The molecule has 1 N–H and O–H groups in total. The van der Waals surface area contributed by atoms with Gasteiger partial charge in [0, 0.05) is 5.69 Å². The van der Waals surface area contributed by atoms with E-state index in [0.29, 0.717) is 5.75 Å². The Morgan fingerprint density at radius 1 is 0.941 bits per heavy atom. The number of benzene rings is 2. The highest BCUT2D eigenvalue weighted by atomic mass is 16.5. The van der Waals surface area contributed by atoms with Gasteiger partial charge in [0.1, 0.15) is 12.3 Å². The highest BCUT2D eigenvalue weighted by Crippen LogP contribution is 2.09. The van der Waals surface area contributed by atoms with Crippen LogP contribution in [0.4, 0.5) is 5.69 Å². The van der Waals surface area contributed by atoms with Gasteiger partial charge in [0.25, 0.3) is 0 Å². The van der Waals surface area contributed by atoms with Crippen LogP contribution < -0.4 is 10.1 Å². The molecule has 0 heterocycles. The number of para-hydroxylation sites is 2. The average Bonchev–Trinajstić information content (AvgIpc) is 2.39. The van der Waals surface area contributed by atoms with Gasteiger partial charge in [0.15, 0.2) is 0 Å². The first-order valence-corrected chi connectivity index (χ1v) is 5.39. The zero-order valence-corrected chi connectivity index (χ0v) is 9.30. The number of hydrogen-bond donors (Lipinski definition) is 1. The van der Waals surface area contributed by atoms with Gasteiger partial charge in [-0.3, -0.25) is 0 Å². The van der Waals surface area contributed by atoms with E-state index in [1.807, 2.05) is 48.5 Å². The number of nitrogens with one attached hydrogen (secondary N) is 1. The summed E-state index contributed by atoms with van der Waals surface area (Å²) >= 11 is 0. The summed E-state index contributed by atoms with van der Waals surface area (Å²) in [7, 11) is 0. The molecule has 0 spiro atoms. The van der Waals surface area contributed by atoms with Gasteiger partial charge in [0.05, 0.1) is 0 Å². The predicted molar refractivity (Wildman–Crippen MR) is 67.0 cm³/mol. The van der Waals surface area contributed by atoms with Crippen LogP contribution in [0.25, 0.3) is 0 Å². The Morgan fingerprint density at radius 3 is 2.18 bits per heavy atom. The van der Waals surface area contributed by atoms with Crippen molar-refractivity contribution in [1.82, 2.24) is 0 Å². The van der Waals surface area contributed by atoms with E-state index in [1.165, 1.54) is 0 Å². The van der Waals surface area contributed by atoms with Crippen molar-refractivity contribution >= 4 is 11.7 Å². The monoisotopic (exact) mass is 227 g/mol. The Hall–Kier alpha value is -2.29. The van der Waals surface area contributed by atoms with Crippen LogP contribution in [0, 0.1) is 0 Å². The SMILES string of the molecule is O=C(CNc1ccccc1)Oc1ccccc1. The number of rotatable bonds is 4. The molecule has 0 radical (unpaired) electrons. The van der Waals surface area contributed by atoms with Crippen molar-refractivity contribution < 1.29 is 9.53 Å². The van der Waals surface area contributed by atoms with Gasteiger partial charge in [0.2, 0.25) is 0 Å². The second kappa shape index (κ2) is 5.70. The van der Waals surface area contributed by atoms with Crippen molar-refractivity contribution in [2.75, 3.05) is 11.9 Å². The van der Waals surface area contributed by atoms with E-state index in [1.54, 1.807) is 12.1 Å². The van der Waals surface area contributed by atoms with Crippen LogP contribution >= 0.6 is 0 Å². The van der Waals surface area contributed by atoms with Gasteiger partial charge >= 0.3 is 5.97 Å². The Bertz CT molecular complexity index is 468. The number of anilines is 1.